The third-order valence-electron chi connectivity index (χ3n) is 10.1. The molecular formula is C45H56N2O7P+. The maximum atomic E-state index is 12.1. The Morgan fingerprint density at radius 1 is 0.709 bits per heavy atom. The van der Waals surface area contributed by atoms with Crippen LogP contribution in [0.3, 0.4) is 0 Å². The fourth-order valence-corrected chi connectivity index (χ4v) is 11.4. The highest BCUT2D eigenvalue weighted by Gasteiger charge is 2.48. The number of fused-ring (bicyclic) bond motifs is 2. The van der Waals surface area contributed by atoms with Gasteiger partial charge in [-0.05, 0) is 80.5 Å². The SMILES string of the molecule is CCCCCC(=O)NCC(=O)NC[C@H]1[C@@H](C/C=C\C/C=C/C(=O)O)[C@H]2CC[C@@H]1O2.O=C(O)CC=CC[P+](c1ccccc1)(c1ccccc1)c1ccccc1. The Labute approximate surface area is 326 Å². The lowest BCUT2D eigenvalue weighted by Gasteiger charge is -2.27. The van der Waals surface area contributed by atoms with Crippen LogP contribution in [0, 0.1) is 11.8 Å². The van der Waals surface area contributed by atoms with Gasteiger partial charge < -0.3 is 25.6 Å². The molecule has 2 fully saturated rings. The molecule has 2 bridgehead atoms. The Balaban J connectivity index is 0.000000246. The Bertz CT molecular complexity index is 1630. The van der Waals surface area contributed by atoms with Crippen molar-refractivity contribution in [3.63, 3.8) is 0 Å². The van der Waals surface area contributed by atoms with E-state index in [1.54, 1.807) is 12.2 Å². The van der Waals surface area contributed by atoms with Gasteiger partial charge in [-0.15, -0.1) is 0 Å². The van der Waals surface area contributed by atoms with Gasteiger partial charge in [0.25, 0.3) is 0 Å². The second-order valence-corrected chi connectivity index (χ2v) is 17.4. The van der Waals surface area contributed by atoms with Gasteiger partial charge in [0, 0.05) is 25.0 Å². The molecular weight excluding hydrogens is 711 g/mol. The molecule has 0 aromatic heterocycles. The summed E-state index contributed by atoms with van der Waals surface area (Å²) >= 11 is 0. The first kappa shape index (κ1) is 42.9. The Morgan fingerprint density at radius 2 is 1.29 bits per heavy atom. The number of nitrogens with one attached hydrogen (secondary N) is 2. The van der Waals surface area contributed by atoms with Crippen LogP contribution in [0.4, 0.5) is 0 Å². The first-order chi connectivity index (χ1) is 26.7. The molecule has 5 rings (SSSR count). The highest BCUT2D eigenvalue weighted by molar-refractivity contribution is 7.95. The van der Waals surface area contributed by atoms with Gasteiger partial charge in [-0.25, -0.2) is 4.79 Å². The summed E-state index contributed by atoms with van der Waals surface area (Å²) in [5, 5.41) is 27.1. The number of hydrogen-bond donors (Lipinski definition) is 4. The number of benzene rings is 3. The van der Waals surface area contributed by atoms with Crippen molar-refractivity contribution in [2.75, 3.05) is 19.3 Å². The average molecular weight is 768 g/mol. The first-order valence-corrected chi connectivity index (χ1v) is 21.4. The van der Waals surface area contributed by atoms with Crippen molar-refractivity contribution in [3.05, 3.63) is 127 Å². The molecule has 292 valence electrons. The summed E-state index contributed by atoms with van der Waals surface area (Å²) in [4.78, 5) is 45.2. The normalized spacial score (nSPS) is 19.0. The molecule has 0 radical (unpaired) electrons. The number of hydrogen-bond acceptors (Lipinski definition) is 5. The molecule has 9 nitrogen and oxygen atoms in total. The predicted molar refractivity (Wildman–Crippen MR) is 222 cm³/mol. The molecule has 4 atom stereocenters. The number of carboxylic acid groups (broad SMARTS) is 2. The van der Waals surface area contributed by atoms with E-state index in [2.05, 4.69) is 96.4 Å². The number of amides is 2. The van der Waals surface area contributed by atoms with Gasteiger partial charge in [0.15, 0.2) is 0 Å². The average Bonchev–Trinajstić information content (AvgIpc) is 3.81. The summed E-state index contributed by atoms with van der Waals surface area (Å²) < 4.78 is 6.05. The minimum absolute atomic E-state index is 0.0209. The molecule has 4 N–H and O–H groups in total. The molecule has 3 aromatic rings. The van der Waals surface area contributed by atoms with Gasteiger partial charge in [0.1, 0.15) is 23.2 Å². The zero-order valence-electron chi connectivity index (χ0n) is 31.8. The van der Waals surface area contributed by atoms with Crippen LogP contribution in [-0.2, 0) is 23.9 Å². The van der Waals surface area contributed by atoms with Crippen LogP contribution in [0.25, 0.3) is 0 Å². The van der Waals surface area contributed by atoms with E-state index in [0.29, 0.717) is 25.3 Å². The van der Waals surface area contributed by atoms with Crippen LogP contribution in [0.2, 0.25) is 0 Å². The van der Waals surface area contributed by atoms with Crippen molar-refractivity contribution >= 4 is 46.9 Å². The van der Waals surface area contributed by atoms with Crippen molar-refractivity contribution in [3.8, 4) is 0 Å². The molecule has 10 heteroatoms. The number of ether oxygens (including phenoxy) is 1. The Morgan fingerprint density at radius 3 is 1.84 bits per heavy atom. The number of unbranched alkanes of at least 4 members (excludes halogenated alkanes) is 2. The standard InChI is InChI=1S/C23H21O2P.C22H34N2O5/c24-23(25)18-10-11-19-26(20-12-4-1-5-13-20,21-14-6-2-7-15-21)22-16-8-3-9-17-22;1-2-3-6-10-20(25)24-15-21(26)23-14-17-16(18-12-13-19(17)29-18)9-7-4-5-8-11-22(27)28/h1-17H,18-19H2;4,7-8,11,16-19H,2-3,5-6,9-10,12-15H2,1H3,(H,23,26)(H,24,25)(H,27,28)/p+1/b;7-4-,11-8+/t;16-,17+,18-,19+/m.1/s1. The van der Waals surface area contributed by atoms with E-state index in [1.165, 1.54) is 15.9 Å². The molecule has 2 aliphatic heterocycles. The lowest BCUT2D eigenvalue weighted by molar-refractivity contribution is -0.136. The minimum Gasteiger partial charge on any atom is -0.481 e. The zero-order valence-corrected chi connectivity index (χ0v) is 32.7. The van der Waals surface area contributed by atoms with Crippen molar-refractivity contribution in [2.45, 2.75) is 76.9 Å². The Kier molecular flexibility index (Phi) is 18.1. The topological polar surface area (TPSA) is 142 Å². The quantitative estimate of drug-likeness (QED) is 0.0441. The molecule has 0 spiro atoms. The molecule has 3 aromatic carbocycles. The fraction of sp³-hybridized carbons (Fsp3) is 0.378. The van der Waals surface area contributed by atoms with Crippen LogP contribution >= 0.6 is 7.26 Å². The van der Waals surface area contributed by atoms with Gasteiger partial charge in [0.05, 0.1) is 31.3 Å². The molecule has 0 unspecified atom stereocenters. The molecule has 2 saturated heterocycles. The van der Waals surface area contributed by atoms with E-state index in [-0.39, 0.29) is 42.9 Å². The molecule has 2 amide bonds. The van der Waals surface area contributed by atoms with E-state index in [0.717, 1.165) is 50.8 Å². The van der Waals surface area contributed by atoms with Crippen molar-refractivity contribution in [1.29, 1.82) is 0 Å². The van der Waals surface area contributed by atoms with Gasteiger partial charge in [-0.3, -0.25) is 14.4 Å². The van der Waals surface area contributed by atoms with Gasteiger partial charge in [-0.1, -0.05) is 98.7 Å². The monoisotopic (exact) mass is 767 g/mol. The highest BCUT2D eigenvalue weighted by atomic mass is 31.2. The van der Waals surface area contributed by atoms with Crippen molar-refractivity contribution < 1.29 is 34.1 Å². The van der Waals surface area contributed by atoms with Crippen molar-refractivity contribution in [1.82, 2.24) is 10.6 Å². The molecule has 0 saturated carbocycles. The van der Waals surface area contributed by atoms with E-state index >= 15 is 0 Å². The summed E-state index contributed by atoms with van der Waals surface area (Å²) in [6.07, 6.45) is 18.8. The number of carboxylic acids is 2. The summed E-state index contributed by atoms with van der Waals surface area (Å²) in [6.45, 7) is 2.67. The van der Waals surface area contributed by atoms with Gasteiger partial charge in [0.2, 0.25) is 11.8 Å². The second kappa shape index (κ2) is 23.2. The van der Waals surface area contributed by atoms with E-state index in [4.69, 9.17) is 14.9 Å². The summed E-state index contributed by atoms with van der Waals surface area (Å²) in [5.41, 5.74) is 0. The number of carbonyl (C=O) groups excluding carboxylic acids is 2. The van der Waals surface area contributed by atoms with Crippen molar-refractivity contribution in [2.24, 2.45) is 11.8 Å². The van der Waals surface area contributed by atoms with Crippen LogP contribution in [0.1, 0.15) is 64.7 Å². The number of carbonyl (C=O) groups is 4. The molecule has 2 aliphatic rings. The highest BCUT2D eigenvalue weighted by Crippen LogP contribution is 2.55. The predicted octanol–water partition coefficient (Wildman–Crippen LogP) is 6.58. The number of aliphatic carboxylic acids is 2. The first-order valence-electron chi connectivity index (χ1n) is 19.4. The minimum atomic E-state index is -1.89. The number of rotatable bonds is 20. The van der Waals surface area contributed by atoms with E-state index in [9.17, 15) is 19.2 Å². The molecule has 55 heavy (non-hydrogen) atoms. The van der Waals surface area contributed by atoms with Gasteiger partial charge in [-0.2, -0.15) is 0 Å². The maximum absolute atomic E-state index is 12.1. The summed E-state index contributed by atoms with van der Waals surface area (Å²) in [5.74, 6) is -1.34. The lowest BCUT2D eigenvalue weighted by Crippen LogP contribution is -2.42. The number of allylic oxidation sites excluding steroid dienone is 4. The van der Waals surface area contributed by atoms with Crippen LogP contribution in [-0.4, -0.2) is 65.4 Å². The van der Waals surface area contributed by atoms with Crippen LogP contribution in [0.5, 0.6) is 0 Å². The lowest BCUT2D eigenvalue weighted by atomic mass is 9.77. The summed E-state index contributed by atoms with van der Waals surface area (Å²) in [7, 11) is -1.89. The smallest absolute Gasteiger partial charge is 0.327 e. The largest absolute Gasteiger partial charge is 0.481 e. The second-order valence-electron chi connectivity index (χ2n) is 13.9. The van der Waals surface area contributed by atoms with Gasteiger partial charge >= 0.3 is 11.9 Å². The fourth-order valence-electron chi connectivity index (χ4n) is 7.40. The molecule has 0 aliphatic carbocycles. The van der Waals surface area contributed by atoms with E-state index < -0.39 is 19.2 Å². The van der Waals surface area contributed by atoms with Crippen LogP contribution < -0.4 is 26.5 Å². The third kappa shape index (κ3) is 13.4. The van der Waals surface area contributed by atoms with E-state index in [1.807, 2.05) is 30.4 Å². The Hall–Kier alpha value is -4.85. The van der Waals surface area contributed by atoms with Crippen LogP contribution in [0.15, 0.2) is 127 Å². The molecule has 2 heterocycles. The maximum Gasteiger partial charge on any atom is 0.327 e. The zero-order chi connectivity index (χ0) is 39.3. The third-order valence-corrected chi connectivity index (χ3v) is 14.4. The summed E-state index contributed by atoms with van der Waals surface area (Å²) in [6, 6.07) is 31.7.